The highest BCUT2D eigenvalue weighted by Crippen LogP contribution is 2.10. The van der Waals surface area contributed by atoms with Gasteiger partial charge in [0.05, 0.1) is 11.9 Å². The Morgan fingerprint density at radius 1 is 1.50 bits per heavy atom. The third kappa shape index (κ3) is 5.54. The van der Waals surface area contributed by atoms with E-state index in [1.807, 2.05) is 0 Å². The van der Waals surface area contributed by atoms with E-state index in [1.54, 1.807) is 0 Å². The molecule has 14 heavy (non-hydrogen) atoms. The molecule has 0 radical (unpaired) electrons. The van der Waals surface area contributed by atoms with Gasteiger partial charge in [0.2, 0.25) is 0 Å². The van der Waals surface area contributed by atoms with Crippen molar-refractivity contribution < 1.29 is 17.7 Å². The SMILES string of the molecule is O=S(=O)(O)CCCNCC1CCCO1. The molecule has 1 aliphatic rings. The largest absolute Gasteiger partial charge is 0.377 e. The molecule has 1 heterocycles. The normalized spacial score (nSPS) is 22.8. The summed E-state index contributed by atoms with van der Waals surface area (Å²) in [5.74, 6) is -0.175. The van der Waals surface area contributed by atoms with E-state index in [9.17, 15) is 8.42 Å². The van der Waals surface area contributed by atoms with E-state index in [2.05, 4.69) is 5.32 Å². The van der Waals surface area contributed by atoms with E-state index in [1.165, 1.54) is 0 Å². The lowest BCUT2D eigenvalue weighted by Gasteiger charge is -2.09. The fourth-order valence-electron chi connectivity index (χ4n) is 1.45. The predicted octanol–water partition coefficient (Wildman–Crippen LogP) is 0.0329. The molecule has 0 spiro atoms. The highest BCUT2D eigenvalue weighted by atomic mass is 32.2. The molecule has 0 aromatic carbocycles. The summed E-state index contributed by atoms with van der Waals surface area (Å²) in [6.07, 6.45) is 2.90. The Hall–Kier alpha value is -0.170. The molecule has 0 saturated carbocycles. The second-order valence-corrected chi connectivity index (χ2v) is 5.05. The van der Waals surface area contributed by atoms with Crippen molar-refractivity contribution in [2.24, 2.45) is 0 Å². The number of hydrogen-bond donors (Lipinski definition) is 2. The first kappa shape index (κ1) is 11.9. The summed E-state index contributed by atoms with van der Waals surface area (Å²) in [5, 5.41) is 3.10. The quantitative estimate of drug-likeness (QED) is 0.491. The third-order valence-electron chi connectivity index (χ3n) is 2.15. The van der Waals surface area contributed by atoms with E-state index in [4.69, 9.17) is 9.29 Å². The topological polar surface area (TPSA) is 75.6 Å². The molecule has 5 nitrogen and oxygen atoms in total. The zero-order valence-corrected chi connectivity index (χ0v) is 8.92. The molecule has 1 rings (SSSR count). The summed E-state index contributed by atoms with van der Waals surface area (Å²) >= 11 is 0. The average Bonchev–Trinajstić information content (AvgIpc) is 2.54. The second kappa shape index (κ2) is 5.65. The van der Waals surface area contributed by atoms with Gasteiger partial charge in [-0.1, -0.05) is 0 Å². The first-order valence-corrected chi connectivity index (χ1v) is 6.46. The van der Waals surface area contributed by atoms with Gasteiger partial charge in [0.1, 0.15) is 0 Å². The molecule has 1 atom stereocenters. The summed E-state index contributed by atoms with van der Waals surface area (Å²) in [7, 11) is -3.79. The molecule has 0 aromatic rings. The maximum atomic E-state index is 10.4. The summed E-state index contributed by atoms with van der Waals surface area (Å²) in [6, 6.07) is 0. The molecular formula is C8H17NO4S. The molecular weight excluding hydrogens is 206 g/mol. The number of hydrogen-bond acceptors (Lipinski definition) is 4. The summed E-state index contributed by atoms with van der Waals surface area (Å²) in [5.41, 5.74) is 0. The lowest BCUT2D eigenvalue weighted by molar-refractivity contribution is 0.110. The van der Waals surface area contributed by atoms with Crippen LogP contribution in [0.15, 0.2) is 0 Å². The van der Waals surface area contributed by atoms with Gasteiger partial charge in [-0.15, -0.1) is 0 Å². The molecule has 0 aromatic heterocycles. The predicted molar refractivity (Wildman–Crippen MR) is 52.9 cm³/mol. The summed E-state index contributed by atoms with van der Waals surface area (Å²) in [4.78, 5) is 0. The fourth-order valence-corrected chi connectivity index (χ4v) is 1.96. The molecule has 1 unspecified atom stereocenters. The highest BCUT2D eigenvalue weighted by Gasteiger charge is 2.14. The van der Waals surface area contributed by atoms with Crippen molar-refractivity contribution in [2.75, 3.05) is 25.4 Å². The van der Waals surface area contributed by atoms with Gasteiger partial charge >= 0.3 is 0 Å². The fraction of sp³-hybridized carbons (Fsp3) is 1.00. The van der Waals surface area contributed by atoms with Gasteiger partial charge in [-0.3, -0.25) is 4.55 Å². The van der Waals surface area contributed by atoms with Crippen LogP contribution in [-0.4, -0.2) is 44.5 Å². The van der Waals surface area contributed by atoms with E-state index in [-0.39, 0.29) is 11.9 Å². The molecule has 6 heteroatoms. The molecule has 2 N–H and O–H groups in total. The Bertz CT molecular complexity index is 246. The number of rotatable bonds is 6. The Labute approximate surface area is 84.6 Å². The first-order chi connectivity index (χ1) is 6.58. The Morgan fingerprint density at radius 3 is 2.86 bits per heavy atom. The van der Waals surface area contributed by atoms with Crippen LogP contribution in [0.1, 0.15) is 19.3 Å². The van der Waals surface area contributed by atoms with Crippen LogP contribution in [-0.2, 0) is 14.9 Å². The van der Waals surface area contributed by atoms with Crippen molar-refractivity contribution in [3.8, 4) is 0 Å². The van der Waals surface area contributed by atoms with Crippen LogP contribution in [0.3, 0.4) is 0 Å². The van der Waals surface area contributed by atoms with E-state index in [0.29, 0.717) is 13.0 Å². The average molecular weight is 223 g/mol. The Morgan fingerprint density at radius 2 is 2.29 bits per heavy atom. The summed E-state index contributed by atoms with van der Waals surface area (Å²) < 4.78 is 34.5. The third-order valence-corrected chi connectivity index (χ3v) is 2.96. The van der Waals surface area contributed by atoms with Crippen molar-refractivity contribution in [1.82, 2.24) is 5.32 Å². The van der Waals surface area contributed by atoms with Gasteiger partial charge in [-0.25, -0.2) is 0 Å². The van der Waals surface area contributed by atoms with Crippen LogP contribution < -0.4 is 5.32 Å². The van der Waals surface area contributed by atoms with Crippen LogP contribution in [0.4, 0.5) is 0 Å². The molecule has 0 amide bonds. The lowest BCUT2D eigenvalue weighted by Crippen LogP contribution is -2.27. The van der Waals surface area contributed by atoms with E-state index < -0.39 is 10.1 Å². The van der Waals surface area contributed by atoms with E-state index >= 15 is 0 Å². The van der Waals surface area contributed by atoms with Crippen molar-refractivity contribution >= 4 is 10.1 Å². The zero-order valence-electron chi connectivity index (χ0n) is 8.11. The zero-order chi connectivity index (χ0) is 10.4. The second-order valence-electron chi connectivity index (χ2n) is 3.48. The van der Waals surface area contributed by atoms with Gasteiger partial charge in [0.15, 0.2) is 0 Å². The number of ether oxygens (including phenoxy) is 1. The monoisotopic (exact) mass is 223 g/mol. The van der Waals surface area contributed by atoms with Crippen LogP contribution in [0.5, 0.6) is 0 Å². The van der Waals surface area contributed by atoms with Crippen molar-refractivity contribution in [2.45, 2.75) is 25.4 Å². The molecule has 1 aliphatic heterocycles. The lowest BCUT2D eigenvalue weighted by atomic mass is 10.2. The molecule has 0 bridgehead atoms. The molecule has 84 valence electrons. The molecule has 1 saturated heterocycles. The highest BCUT2D eigenvalue weighted by molar-refractivity contribution is 7.85. The van der Waals surface area contributed by atoms with Crippen LogP contribution >= 0.6 is 0 Å². The number of nitrogens with one attached hydrogen (secondary N) is 1. The van der Waals surface area contributed by atoms with E-state index in [0.717, 1.165) is 26.0 Å². The summed E-state index contributed by atoms with van der Waals surface area (Å²) in [6.45, 7) is 2.20. The molecule has 0 aliphatic carbocycles. The van der Waals surface area contributed by atoms with Crippen LogP contribution in [0.25, 0.3) is 0 Å². The molecule has 1 fully saturated rings. The minimum Gasteiger partial charge on any atom is -0.377 e. The van der Waals surface area contributed by atoms with Crippen LogP contribution in [0, 0.1) is 0 Å². The standard InChI is InChI=1S/C8H17NO4S/c10-14(11,12)6-2-4-9-7-8-3-1-5-13-8/h8-9H,1-7H2,(H,10,11,12). The maximum absolute atomic E-state index is 10.4. The Balaban J connectivity index is 1.94. The van der Waals surface area contributed by atoms with Gasteiger partial charge in [-0.05, 0) is 25.8 Å². The van der Waals surface area contributed by atoms with Gasteiger partial charge in [-0.2, -0.15) is 8.42 Å². The van der Waals surface area contributed by atoms with Crippen molar-refractivity contribution in [3.63, 3.8) is 0 Å². The smallest absolute Gasteiger partial charge is 0.264 e. The van der Waals surface area contributed by atoms with Gasteiger partial charge in [0.25, 0.3) is 10.1 Å². The minimum absolute atomic E-state index is 0.175. The maximum Gasteiger partial charge on any atom is 0.264 e. The van der Waals surface area contributed by atoms with Crippen molar-refractivity contribution in [1.29, 1.82) is 0 Å². The first-order valence-electron chi connectivity index (χ1n) is 4.85. The minimum atomic E-state index is -3.79. The van der Waals surface area contributed by atoms with Gasteiger partial charge < -0.3 is 10.1 Å². The van der Waals surface area contributed by atoms with Gasteiger partial charge in [0, 0.05) is 13.2 Å². The van der Waals surface area contributed by atoms with Crippen molar-refractivity contribution in [3.05, 3.63) is 0 Å². The Kier molecular flexibility index (Phi) is 4.80. The van der Waals surface area contributed by atoms with Crippen LogP contribution in [0.2, 0.25) is 0 Å².